The lowest BCUT2D eigenvalue weighted by molar-refractivity contribution is 0.574. The van der Waals surface area contributed by atoms with E-state index in [0.717, 1.165) is 54.3 Å². The van der Waals surface area contributed by atoms with Crippen molar-refractivity contribution < 1.29 is 8.83 Å². The predicted octanol–water partition coefficient (Wildman–Crippen LogP) is 7.34. The first-order valence-electron chi connectivity index (χ1n) is 9.61. The highest BCUT2D eigenvalue weighted by Gasteiger charge is 2.19. The zero-order valence-electron chi connectivity index (χ0n) is 17.1. The maximum Gasteiger partial charge on any atom is 0.152 e. The van der Waals surface area contributed by atoms with Gasteiger partial charge < -0.3 is 8.83 Å². The fraction of sp³-hybridized carbons (Fsp3) is 0.154. The molecule has 4 heteroatoms. The summed E-state index contributed by atoms with van der Waals surface area (Å²) >= 11 is 3.38. The molecule has 0 spiro atoms. The van der Waals surface area contributed by atoms with Crippen molar-refractivity contribution in [2.75, 3.05) is 0 Å². The van der Waals surface area contributed by atoms with Crippen LogP contribution in [0.2, 0.25) is 0 Å². The molecule has 30 heavy (non-hydrogen) atoms. The topological polar surface area (TPSA) is 26.3 Å². The van der Waals surface area contributed by atoms with E-state index in [9.17, 15) is 0 Å². The van der Waals surface area contributed by atoms with E-state index in [4.69, 9.17) is 8.83 Å². The second-order valence-corrected chi connectivity index (χ2v) is 9.85. The maximum atomic E-state index is 6.10. The minimum Gasteiger partial charge on any atom is -0.460 e. The van der Waals surface area contributed by atoms with Gasteiger partial charge in [-0.05, 0) is 64.1 Å². The van der Waals surface area contributed by atoms with Gasteiger partial charge in [-0.3, -0.25) is 0 Å². The Morgan fingerprint density at radius 2 is 1.03 bits per heavy atom. The van der Waals surface area contributed by atoms with Crippen molar-refractivity contribution in [3.63, 3.8) is 0 Å². The molecular formula is C26H18O2S2. The van der Waals surface area contributed by atoms with Crippen molar-refractivity contribution in [2.24, 2.45) is 0 Å². The third kappa shape index (κ3) is 3.35. The van der Waals surface area contributed by atoms with Crippen LogP contribution in [0.1, 0.15) is 42.2 Å². The molecule has 4 aromatic heterocycles. The van der Waals surface area contributed by atoms with Crippen molar-refractivity contribution in [2.45, 2.75) is 27.7 Å². The quantitative estimate of drug-likeness (QED) is 0.242. The van der Waals surface area contributed by atoms with E-state index in [1.54, 1.807) is 22.7 Å². The van der Waals surface area contributed by atoms with Crippen molar-refractivity contribution in [3.8, 4) is 23.7 Å². The van der Waals surface area contributed by atoms with Crippen LogP contribution in [-0.4, -0.2) is 0 Å². The molecule has 0 radical (unpaired) electrons. The van der Waals surface area contributed by atoms with Gasteiger partial charge in [0.1, 0.15) is 11.5 Å². The molecule has 5 aromatic rings. The van der Waals surface area contributed by atoms with Crippen LogP contribution in [0.15, 0.2) is 45.2 Å². The lowest BCUT2D eigenvalue weighted by atomic mass is 10.0. The van der Waals surface area contributed by atoms with Gasteiger partial charge in [-0.2, -0.15) is 0 Å². The van der Waals surface area contributed by atoms with Gasteiger partial charge in [0.15, 0.2) is 11.2 Å². The summed E-state index contributed by atoms with van der Waals surface area (Å²) in [5.41, 5.74) is 3.25. The van der Waals surface area contributed by atoms with Gasteiger partial charge in [0, 0.05) is 20.5 Å². The Morgan fingerprint density at radius 1 is 0.600 bits per heavy atom. The van der Waals surface area contributed by atoms with Crippen molar-refractivity contribution in [3.05, 3.63) is 78.6 Å². The van der Waals surface area contributed by atoms with Gasteiger partial charge in [0.25, 0.3) is 0 Å². The highest BCUT2D eigenvalue weighted by Crippen LogP contribution is 2.36. The van der Waals surface area contributed by atoms with Crippen LogP contribution in [-0.2, 0) is 0 Å². The van der Waals surface area contributed by atoms with Gasteiger partial charge in [0.05, 0.1) is 20.9 Å². The number of furan rings is 2. The van der Waals surface area contributed by atoms with Gasteiger partial charge in [-0.15, -0.1) is 22.7 Å². The highest BCUT2D eigenvalue weighted by molar-refractivity contribution is 7.12. The van der Waals surface area contributed by atoms with Crippen LogP contribution >= 0.6 is 22.7 Å². The summed E-state index contributed by atoms with van der Waals surface area (Å²) in [5, 5.41) is 1.89. The van der Waals surface area contributed by atoms with Gasteiger partial charge in [0.2, 0.25) is 0 Å². The third-order valence-electron chi connectivity index (χ3n) is 4.81. The van der Waals surface area contributed by atoms with Crippen LogP contribution in [0.3, 0.4) is 0 Å². The van der Waals surface area contributed by atoms with Crippen LogP contribution < -0.4 is 0 Å². The first-order valence-corrected chi connectivity index (χ1v) is 11.2. The molecule has 0 aliphatic rings. The molecule has 0 atom stereocenters. The molecule has 0 amide bonds. The monoisotopic (exact) mass is 426 g/mol. The van der Waals surface area contributed by atoms with E-state index in [1.807, 2.05) is 26.0 Å². The largest absolute Gasteiger partial charge is 0.460 e. The Bertz CT molecular complexity index is 1370. The first kappa shape index (κ1) is 18.8. The summed E-state index contributed by atoms with van der Waals surface area (Å²) in [5.74, 6) is 15.0. The fourth-order valence-electron chi connectivity index (χ4n) is 3.52. The number of benzene rings is 1. The fourth-order valence-corrected chi connectivity index (χ4v) is 4.96. The van der Waals surface area contributed by atoms with Crippen molar-refractivity contribution in [1.82, 2.24) is 0 Å². The number of rotatable bonds is 0. The van der Waals surface area contributed by atoms with Gasteiger partial charge in [-0.1, -0.05) is 23.7 Å². The third-order valence-corrected chi connectivity index (χ3v) is 6.64. The van der Waals surface area contributed by atoms with Gasteiger partial charge in [-0.25, -0.2) is 0 Å². The van der Waals surface area contributed by atoms with Crippen LogP contribution in [0.25, 0.3) is 21.9 Å². The Labute approximate surface area is 183 Å². The molecule has 0 bridgehead atoms. The molecule has 0 aliphatic carbocycles. The lowest BCUT2D eigenvalue weighted by Crippen LogP contribution is -1.85. The van der Waals surface area contributed by atoms with E-state index in [2.05, 4.69) is 61.8 Å². The SMILES string of the molecule is Cc1cc2c(C#Cc3ccc(C)s3)c3oc(C)cc3c(C#Cc3ccc(C)s3)c2o1. The Hall–Kier alpha value is -3.18. The van der Waals surface area contributed by atoms with Crippen LogP contribution in [0.4, 0.5) is 0 Å². The number of thiophene rings is 2. The lowest BCUT2D eigenvalue weighted by Gasteiger charge is -2.01. The number of hydrogen-bond acceptors (Lipinski definition) is 4. The molecule has 0 N–H and O–H groups in total. The zero-order chi connectivity index (χ0) is 20.8. The van der Waals surface area contributed by atoms with Crippen LogP contribution in [0, 0.1) is 51.4 Å². The van der Waals surface area contributed by atoms with E-state index in [-0.39, 0.29) is 0 Å². The molecule has 0 saturated carbocycles. The minimum atomic E-state index is 0.772. The molecular weight excluding hydrogens is 408 g/mol. The second-order valence-electron chi connectivity index (χ2n) is 7.27. The van der Waals surface area contributed by atoms with Crippen molar-refractivity contribution in [1.29, 1.82) is 0 Å². The molecule has 0 unspecified atom stereocenters. The summed E-state index contributed by atoms with van der Waals surface area (Å²) in [6.07, 6.45) is 0. The molecule has 4 heterocycles. The maximum absolute atomic E-state index is 6.10. The van der Waals surface area contributed by atoms with Crippen molar-refractivity contribution >= 4 is 44.6 Å². The predicted molar refractivity (Wildman–Crippen MR) is 126 cm³/mol. The molecule has 5 rings (SSSR count). The molecule has 0 fully saturated rings. The number of hydrogen-bond donors (Lipinski definition) is 0. The summed E-state index contributed by atoms with van der Waals surface area (Å²) in [7, 11) is 0. The Balaban J connectivity index is 1.78. The van der Waals surface area contributed by atoms with E-state index in [0.29, 0.717) is 0 Å². The number of aryl methyl sites for hydroxylation is 4. The normalized spacial score (nSPS) is 10.8. The molecule has 146 valence electrons. The Morgan fingerprint density at radius 3 is 1.40 bits per heavy atom. The van der Waals surface area contributed by atoms with Gasteiger partial charge >= 0.3 is 0 Å². The highest BCUT2D eigenvalue weighted by atomic mass is 32.1. The van der Waals surface area contributed by atoms with Crippen LogP contribution in [0.5, 0.6) is 0 Å². The molecule has 2 nitrogen and oxygen atoms in total. The zero-order valence-corrected chi connectivity index (χ0v) is 18.7. The van der Waals surface area contributed by atoms with E-state index in [1.165, 1.54) is 9.75 Å². The van der Waals surface area contributed by atoms with E-state index >= 15 is 0 Å². The summed E-state index contributed by atoms with van der Waals surface area (Å²) in [4.78, 5) is 4.57. The standard InChI is InChI=1S/C26H18O2S2/c1-15-13-23-21(11-9-19-7-5-17(3)29-19)26-24(14-16(2)28-26)22(25(23)27-15)12-10-20-8-6-18(4)30-20/h5-8,13-14H,1-4H3. The first-order chi connectivity index (χ1) is 14.5. The minimum absolute atomic E-state index is 0.772. The summed E-state index contributed by atoms with van der Waals surface area (Å²) in [6.45, 7) is 8.08. The van der Waals surface area contributed by atoms with E-state index < -0.39 is 0 Å². The smallest absolute Gasteiger partial charge is 0.152 e. The average molecular weight is 427 g/mol. The molecule has 0 aliphatic heterocycles. The molecule has 0 saturated heterocycles. The molecule has 1 aromatic carbocycles. The number of fused-ring (bicyclic) bond motifs is 2. The average Bonchev–Trinajstić information content (AvgIpc) is 3.46. The second kappa shape index (κ2) is 7.26. The Kier molecular flexibility index (Phi) is 4.55. The summed E-state index contributed by atoms with van der Waals surface area (Å²) in [6, 6.07) is 12.3. The summed E-state index contributed by atoms with van der Waals surface area (Å²) < 4.78 is 12.2.